The van der Waals surface area contributed by atoms with Crippen LogP contribution in [0.1, 0.15) is 17.1 Å². The van der Waals surface area contributed by atoms with E-state index in [9.17, 15) is 0 Å². The van der Waals surface area contributed by atoms with Gasteiger partial charge in [-0.15, -0.1) is 11.3 Å². The molecule has 16 heavy (non-hydrogen) atoms. The zero-order valence-corrected chi connectivity index (χ0v) is 10.7. The third kappa shape index (κ3) is 2.84. The van der Waals surface area contributed by atoms with Gasteiger partial charge in [0.05, 0.1) is 10.3 Å². The van der Waals surface area contributed by atoms with Crippen LogP contribution in [0.15, 0.2) is 46.9 Å². The number of pyridine rings is 1. The van der Waals surface area contributed by atoms with Gasteiger partial charge >= 0.3 is 0 Å². The molecule has 2 aromatic heterocycles. The molecule has 2 rings (SSSR count). The molecule has 2 heterocycles. The van der Waals surface area contributed by atoms with Crippen LogP contribution in [0.3, 0.4) is 0 Å². The summed E-state index contributed by atoms with van der Waals surface area (Å²) in [5.74, 6) is 0. The van der Waals surface area contributed by atoms with Crippen molar-refractivity contribution in [3.8, 4) is 0 Å². The van der Waals surface area contributed by atoms with Gasteiger partial charge in [-0.1, -0.05) is 23.9 Å². The van der Waals surface area contributed by atoms with E-state index in [1.54, 1.807) is 23.1 Å². The Balaban J connectivity index is 2.16. The molecule has 0 aromatic carbocycles. The van der Waals surface area contributed by atoms with E-state index in [0.29, 0.717) is 0 Å². The Morgan fingerprint density at radius 2 is 2.19 bits per heavy atom. The fourth-order valence-corrected chi connectivity index (χ4v) is 3.50. The highest BCUT2D eigenvalue weighted by molar-refractivity contribution is 7.99. The van der Waals surface area contributed by atoms with Crippen molar-refractivity contribution in [2.45, 2.75) is 23.2 Å². The summed E-state index contributed by atoms with van der Waals surface area (Å²) in [6.07, 6.45) is 1.81. The molecule has 0 amide bonds. The Labute approximate surface area is 104 Å². The smallest absolute Gasteiger partial charge is 0.0966 e. The fraction of sp³-hybridized carbons (Fsp3) is 0.250. The van der Waals surface area contributed by atoms with E-state index < -0.39 is 0 Å². The molecule has 0 saturated heterocycles. The average molecular weight is 250 g/mol. The minimum Gasteiger partial charge on any atom is -0.327 e. The van der Waals surface area contributed by atoms with Crippen LogP contribution in [0, 0.1) is 0 Å². The summed E-state index contributed by atoms with van der Waals surface area (Å²) < 4.78 is 0. The highest BCUT2D eigenvalue weighted by atomic mass is 32.2. The Kier molecular flexibility index (Phi) is 3.98. The second-order valence-electron chi connectivity index (χ2n) is 3.58. The van der Waals surface area contributed by atoms with Gasteiger partial charge < -0.3 is 5.73 Å². The molecule has 2 N–H and O–H groups in total. The molecule has 2 aromatic rings. The lowest BCUT2D eigenvalue weighted by atomic mass is 10.2. The number of nitrogens with zero attached hydrogens (tertiary/aromatic N) is 1. The third-order valence-corrected chi connectivity index (χ3v) is 4.71. The van der Waals surface area contributed by atoms with Gasteiger partial charge in [-0.25, -0.2) is 4.98 Å². The molecule has 0 saturated carbocycles. The van der Waals surface area contributed by atoms with E-state index in [1.165, 1.54) is 4.88 Å². The van der Waals surface area contributed by atoms with E-state index in [2.05, 4.69) is 22.5 Å². The highest BCUT2D eigenvalue weighted by Gasteiger charge is 2.18. The molecule has 2 unspecified atom stereocenters. The van der Waals surface area contributed by atoms with Gasteiger partial charge in [0.2, 0.25) is 0 Å². The van der Waals surface area contributed by atoms with Crippen LogP contribution in [0.5, 0.6) is 0 Å². The fourth-order valence-electron chi connectivity index (χ4n) is 1.42. The Morgan fingerprint density at radius 1 is 1.31 bits per heavy atom. The lowest BCUT2D eigenvalue weighted by molar-refractivity contribution is 0.728. The van der Waals surface area contributed by atoms with E-state index in [1.807, 2.05) is 31.3 Å². The number of hydrogen-bond donors (Lipinski definition) is 1. The molecule has 0 bridgehead atoms. The molecule has 0 aliphatic heterocycles. The number of rotatable bonds is 4. The molecule has 0 spiro atoms. The van der Waals surface area contributed by atoms with Crippen molar-refractivity contribution in [1.82, 2.24) is 4.98 Å². The minimum atomic E-state index is 0.116. The molecule has 0 fully saturated rings. The second kappa shape index (κ2) is 5.48. The van der Waals surface area contributed by atoms with Gasteiger partial charge in [-0.2, -0.15) is 0 Å². The summed E-state index contributed by atoms with van der Waals surface area (Å²) >= 11 is 3.48. The van der Waals surface area contributed by atoms with Gasteiger partial charge in [-0.3, -0.25) is 0 Å². The maximum absolute atomic E-state index is 6.03. The Morgan fingerprint density at radius 3 is 2.75 bits per heavy atom. The van der Waals surface area contributed by atoms with Gasteiger partial charge in [0, 0.05) is 17.1 Å². The Hall–Kier alpha value is -0.840. The maximum atomic E-state index is 6.03. The minimum absolute atomic E-state index is 0.116. The normalized spacial score (nSPS) is 14.6. The van der Waals surface area contributed by atoms with E-state index in [-0.39, 0.29) is 11.3 Å². The van der Waals surface area contributed by atoms with Crippen LogP contribution in [0.2, 0.25) is 0 Å². The Bertz CT molecular complexity index is 412. The molecule has 0 aliphatic carbocycles. The van der Waals surface area contributed by atoms with Crippen LogP contribution < -0.4 is 5.73 Å². The summed E-state index contributed by atoms with van der Waals surface area (Å²) in [5.41, 5.74) is 6.03. The summed E-state index contributed by atoms with van der Waals surface area (Å²) in [6, 6.07) is 10.3. The standard InChI is InChI=1S/C12H14N2S2/c1-9(13)12(10-5-4-8-15-10)16-11-6-2-3-7-14-11/h2-9,12H,13H2,1H3. The monoisotopic (exact) mass is 250 g/mol. The number of thioether (sulfide) groups is 1. The van der Waals surface area contributed by atoms with Crippen LogP contribution in [-0.2, 0) is 0 Å². The zero-order chi connectivity index (χ0) is 11.4. The first kappa shape index (κ1) is 11.6. The predicted octanol–water partition coefficient (Wildman–Crippen LogP) is 3.32. The molecule has 0 aliphatic rings. The summed E-state index contributed by atoms with van der Waals surface area (Å²) in [6.45, 7) is 2.04. The van der Waals surface area contributed by atoms with Crippen molar-refractivity contribution in [3.05, 3.63) is 46.8 Å². The van der Waals surface area contributed by atoms with E-state index in [0.717, 1.165) is 5.03 Å². The first-order chi connectivity index (χ1) is 7.77. The highest BCUT2D eigenvalue weighted by Crippen LogP contribution is 2.37. The van der Waals surface area contributed by atoms with Crippen molar-refractivity contribution in [3.63, 3.8) is 0 Å². The van der Waals surface area contributed by atoms with Crippen molar-refractivity contribution in [2.24, 2.45) is 5.73 Å². The summed E-state index contributed by atoms with van der Waals surface area (Å²) in [5, 5.41) is 3.40. The molecule has 4 heteroatoms. The number of thiophene rings is 1. The van der Waals surface area contributed by atoms with Gasteiger partial charge in [0.15, 0.2) is 0 Å². The van der Waals surface area contributed by atoms with Gasteiger partial charge in [-0.05, 0) is 30.5 Å². The van der Waals surface area contributed by atoms with Crippen LogP contribution in [0.25, 0.3) is 0 Å². The lowest BCUT2D eigenvalue weighted by Crippen LogP contribution is -2.21. The zero-order valence-electron chi connectivity index (χ0n) is 9.04. The first-order valence-electron chi connectivity index (χ1n) is 5.14. The molecular weight excluding hydrogens is 236 g/mol. The largest absolute Gasteiger partial charge is 0.327 e. The summed E-state index contributed by atoms with van der Waals surface area (Å²) in [7, 11) is 0. The molecule has 84 valence electrons. The maximum Gasteiger partial charge on any atom is 0.0966 e. The summed E-state index contributed by atoms with van der Waals surface area (Å²) in [4.78, 5) is 5.63. The number of aromatic nitrogens is 1. The molecule has 2 nitrogen and oxygen atoms in total. The SMILES string of the molecule is CC(N)C(Sc1ccccn1)c1cccs1. The predicted molar refractivity (Wildman–Crippen MR) is 70.8 cm³/mol. The van der Waals surface area contributed by atoms with E-state index in [4.69, 9.17) is 5.73 Å². The van der Waals surface area contributed by atoms with Gasteiger partial charge in [0.25, 0.3) is 0 Å². The van der Waals surface area contributed by atoms with Crippen molar-refractivity contribution in [1.29, 1.82) is 0 Å². The van der Waals surface area contributed by atoms with E-state index >= 15 is 0 Å². The number of nitrogens with two attached hydrogens (primary N) is 1. The lowest BCUT2D eigenvalue weighted by Gasteiger charge is -2.18. The molecule has 2 atom stereocenters. The second-order valence-corrected chi connectivity index (χ2v) is 5.72. The topological polar surface area (TPSA) is 38.9 Å². The van der Waals surface area contributed by atoms with Crippen LogP contribution >= 0.6 is 23.1 Å². The molecular formula is C12H14N2S2. The van der Waals surface area contributed by atoms with Crippen molar-refractivity contribution in [2.75, 3.05) is 0 Å². The molecule has 0 radical (unpaired) electrons. The van der Waals surface area contributed by atoms with Crippen LogP contribution in [-0.4, -0.2) is 11.0 Å². The van der Waals surface area contributed by atoms with Crippen molar-refractivity contribution < 1.29 is 0 Å². The van der Waals surface area contributed by atoms with Gasteiger partial charge in [0.1, 0.15) is 0 Å². The quantitative estimate of drug-likeness (QED) is 0.846. The average Bonchev–Trinajstić information content (AvgIpc) is 2.80. The van der Waals surface area contributed by atoms with Crippen molar-refractivity contribution >= 4 is 23.1 Å². The third-order valence-electron chi connectivity index (χ3n) is 2.19. The number of hydrogen-bond acceptors (Lipinski definition) is 4. The van der Waals surface area contributed by atoms with Crippen LogP contribution in [0.4, 0.5) is 0 Å². The first-order valence-corrected chi connectivity index (χ1v) is 6.90.